The Balaban J connectivity index is 2.14. The summed E-state index contributed by atoms with van der Waals surface area (Å²) in [5.74, 6) is -0.529. The fraction of sp³-hybridized carbons (Fsp3) is 0.500. The molecule has 0 aliphatic carbocycles. The summed E-state index contributed by atoms with van der Waals surface area (Å²) < 4.78 is 23.5. The first-order valence-electron chi connectivity index (χ1n) is 6.54. The van der Waals surface area contributed by atoms with Crippen molar-refractivity contribution in [2.24, 2.45) is 11.1 Å². The smallest absolute Gasteiger partial charge is 0.232 e. The van der Waals surface area contributed by atoms with Crippen molar-refractivity contribution in [2.45, 2.75) is 12.8 Å². The van der Waals surface area contributed by atoms with E-state index in [1.807, 2.05) is 0 Å². The first kappa shape index (κ1) is 14.7. The number of hydrogen-bond acceptors (Lipinski definition) is 4. The third-order valence-electron chi connectivity index (χ3n) is 3.73. The van der Waals surface area contributed by atoms with E-state index in [1.165, 1.54) is 25.3 Å². The zero-order valence-corrected chi connectivity index (χ0v) is 11.4. The predicted octanol–water partition coefficient (Wildman–Crippen LogP) is 1.53. The molecule has 1 fully saturated rings. The molecule has 1 aliphatic heterocycles. The van der Waals surface area contributed by atoms with Crippen LogP contribution >= 0.6 is 0 Å². The minimum Gasteiger partial charge on any atom is -0.494 e. The normalized spacial score (nSPS) is 17.6. The highest BCUT2D eigenvalue weighted by atomic mass is 19.1. The van der Waals surface area contributed by atoms with Gasteiger partial charge in [0, 0.05) is 31.5 Å². The lowest BCUT2D eigenvalue weighted by molar-refractivity contribution is -0.130. The number of carbonyl (C=O) groups is 1. The predicted molar refractivity (Wildman–Crippen MR) is 73.1 cm³/mol. The SMILES string of the molecule is COc1cc(NC(=O)C2(CN)CCOCC2)ccc1F. The highest BCUT2D eigenvalue weighted by Gasteiger charge is 2.38. The highest BCUT2D eigenvalue weighted by molar-refractivity contribution is 5.95. The Hall–Kier alpha value is -1.66. The number of hydrogen-bond donors (Lipinski definition) is 2. The van der Waals surface area contributed by atoms with Crippen molar-refractivity contribution in [3.05, 3.63) is 24.0 Å². The van der Waals surface area contributed by atoms with E-state index in [0.717, 1.165) is 0 Å². The van der Waals surface area contributed by atoms with Crippen molar-refractivity contribution in [3.63, 3.8) is 0 Å². The molecule has 0 saturated carbocycles. The molecule has 0 radical (unpaired) electrons. The molecule has 5 nitrogen and oxygen atoms in total. The number of anilines is 1. The van der Waals surface area contributed by atoms with Crippen LogP contribution in [-0.2, 0) is 9.53 Å². The van der Waals surface area contributed by atoms with E-state index in [9.17, 15) is 9.18 Å². The van der Waals surface area contributed by atoms with Gasteiger partial charge in [-0.1, -0.05) is 0 Å². The number of nitrogens with one attached hydrogen (secondary N) is 1. The largest absolute Gasteiger partial charge is 0.494 e. The summed E-state index contributed by atoms with van der Waals surface area (Å²) in [5, 5.41) is 2.78. The minimum atomic E-state index is -0.611. The molecule has 1 heterocycles. The number of nitrogens with two attached hydrogens (primary N) is 1. The summed E-state index contributed by atoms with van der Waals surface area (Å²) in [7, 11) is 1.38. The summed E-state index contributed by atoms with van der Waals surface area (Å²) >= 11 is 0. The molecule has 0 unspecified atom stereocenters. The molecule has 1 aliphatic rings. The van der Waals surface area contributed by atoms with Gasteiger partial charge in [0.2, 0.25) is 5.91 Å². The van der Waals surface area contributed by atoms with Gasteiger partial charge in [0.1, 0.15) is 0 Å². The van der Waals surface area contributed by atoms with Crippen LogP contribution in [-0.4, -0.2) is 32.8 Å². The van der Waals surface area contributed by atoms with Crippen molar-refractivity contribution < 1.29 is 18.7 Å². The Morgan fingerprint density at radius 2 is 2.20 bits per heavy atom. The van der Waals surface area contributed by atoms with Crippen LogP contribution in [0.5, 0.6) is 5.75 Å². The van der Waals surface area contributed by atoms with Crippen LogP contribution in [0.1, 0.15) is 12.8 Å². The molecule has 1 aromatic carbocycles. The Morgan fingerprint density at radius 1 is 1.50 bits per heavy atom. The van der Waals surface area contributed by atoms with Gasteiger partial charge >= 0.3 is 0 Å². The van der Waals surface area contributed by atoms with E-state index in [-0.39, 0.29) is 18.2 Å². The van der Waals surface area contributed by atoms with Crippen LogP contribution in [0.15, 0.2) is 18.2 Å². The maximum absolute atomic E-state index is 13.3. The molecule has 20 heavy (non-hydrogen) atoms. The van der Waals surface area contributed by atoms with E-state index in [1.54, 1.807) is 0 Å². The van der Waals surface area contributed by atoms with E-state index in [0.29, 0.717) is 31.7 Å². The van der Waals surface area contributed by atoms with E-state index in [4.69, 9.17) is 15.2 Å². The minimum absolute atomic E-state index is 0.0941. The van der Waals surface area contributed by atoms with Crippen LogP contribution < -0.4 is 15.8 Å². The fourth-order valence-electron chi connectivity index (χ4n) is 2.29. The average Bonchev–Trinajstić information content (AvgIpc) is 2.49. The lowest BCUT2D eigenvalue weighted by atomic mass is 9.79. The molecule has 0 atom stereocenters. The molecule has 0 bridgehead atoms. The molecular formula is C14H19FN2O3. The summed E-state index contributed by atoms with van der Waals surface area (Å²) in [5.41, 5.74) is 5.65. The standard InChI is InChI=1S/C14H19FN2O3/c1-19-12-8-10(2-3-11(12)15)17-13(18)14(9-16)4-6-20-7-5-14/h2-3,8H,4-7,9,16H2,1H3,(H,17,18). The molecule has 2 rings (SSSR count). The molecular weight excluding hydrogens is 263 g/mol. The zero-order chi connectivity index (χ0) is 14.6. The summed E-state index contributed by atoms with van der Waals surface area (Å²) in [6.45, 7) is 1.31. The second-order valence-corrected chi connectivity index (χ2v) is 4.90. The van der Waals surface area contributed by atoms with Gasteiger partial charge in [-0.15, -0.1) is 0 Å². The number of benzene rings is 1. The van der Waals surface area contributed by atoms with Crippen molar-refractivity contribution in [3.8, 4) is 5.75 Å². The Bertz CT molecular complexity index is 487. The number of rotatable bonds is 4. The van der Waals surface area contributed by atoms with Gasteiger partial charge in [0.05, 0.1) is 12.5 Å². The van der Waals surface area contributed by atoms with E-state index < -0.39 is 11.2 Å². The first-order chi connectivity index (χ1) is 9.61. The monoisotopic (exact) mass is 282 g/mol. The van der Waals surface area contributed by atoms with Crippen molar-refractivity contribution in [1.82, 2.24) is 0 Å². The van der Waals surface area contributed by atoms with Gasteiger partial charge in [-0.05, 0) is 25.0 Å². The van der Waals surface area contributed by atoms with E-state index in [2.05, 4.69) is 5.32 Å². The third kappa shape index (κ3) is 2.91. The molecule has 6 heteroatoms. The number of halogens is 1. The number of ether oxygens (including phenoxy) is 2. The molecule has 0 aromatic heterocycles. The zero-order valence-electron chi connectivity index (χ0n) is 11.4. The Kier molecular flexibility index (Phi) is 4.57. The molecule has 1 aromatic rings. The average molecular weight is 282 g/mol. The number of amides is 1. The fourth-order valence-corrected chi connectivity index (χ4v) is 2.29. The van der Waals surface area contributed by atoms with Crippen LogP contribution in [0.25, 0.3) is 0 Å². The van der Waals surface area contributed by atoms with Crippen LogP contribution in [0.2, 0.25) is 0 Å². The van der Waals surface area contributed by atoms with Crippen LogP contribution in [0.3, 0.4) is 0 Å². The summed E-state index contributed by atoms with van der Waals surface area (Å²) in [6.07, 6.45) is 1.18. The maximum Gasteiger partial charge on any atom is 0.232 e. The van der Waals surface area contributed by atoms with Gasteiger partial charge in [-0.2, -0.15) is 0 Å². The summed E-state index contributed by atoms with van der Waals surface area (Å²) in [6, 6.07) is 4.21. The topological polar surface area (TPSA) is 73.6 Å². The molecule has 3 N–H and O–H groups in total. The lowest BCUT2D eigenvalue weighted by Gasteiger charge is -2.34. The second kappa shape index (κ2) is 6.19. The Morgan fingerprint density at radius 3 is 2.80 bits per heavy atom. The van der Waals surface area contributed by atoms with Gasteiger partial charge in [0.25, 0.3) is 0 Å². The molecule has 110 valence electrons. The van der Waals surface area contributed by atoms with Crippen LogP contribution in [0.4, 0.5) is 10.1 Å². The first-order valence-corrected chi connectivity index (χ1v) is 6.54. The third-order valence-corrected chi connectivity index (χ3v) is 3.73. The lowest BCUT2D eigenvalue weighted by Crippen LogP contribution is -2.46. The highest BCUT2D eigenvalue weighted by Crippen LogP contribution is 2.31. The maximum atomic E-state index is 13.3. The number of carbonyl (C=O) groups excluding carboxylic acids is 1. The molecule has 1 saturated heterocycles. The van der Waals surface area contributed by atoms with Crippen molar-refractivity contribution in [2.75, 3.05) is 32.2 Å². The van der Waals surface area contributed by atoms with Gasteiger partial charge < -0.3 is 20.5 Å². The quantitative estimate of drug-likeness (QED) is 0.878. The number of methoxy groups -OCH3 is 1. The van der Waals surface area contributed by atoms with Gasteiger partial charge in [-0.3, -0.25) is 4.79 Å². The van der Waals surface area contributed by atoms with Crippen molar-refractivity contribution in [1.29, 1.82) is 0 Å². The Labute approximate surface area is 117 Å². The van der Waals surface area contributed by atoms with Crippen molar-refractivity contribution >= 4 is 11.6 Å². The van der Waals surface area contributed by atoms with Crippen LogP contribution in [0, 0.1) is 11.2 Å². The van der Waals surface area contributed by atoms with Gasteiger partial charge in [0.15, 0.2) is 11.6 Å². The molecule has 1 amide bonds. The molecule has 0 spiro atoms. The summed E-state index contributed by atoms with van der Waals surface area (Å²) in [4.78, 5) is 12.4. The van der Waals surface area contributed by atoms with E-state index >= 15 is 0 Å². The van der Waals surface area contributed by atoms with Gasteiger partial charge in [-0.25, -0.2) is 4.39 Å². The second-order valence-electron chi connectivity index (χ2n) is 4.90.